The fourth-order valence-corrected chi connectivity index (χ4v) is 4.42. The van der Waals surface area contributed by atoms with Crippen LogP contribution in [0.2, 0.25) is 0 Å². The molecule has 0 unspecified atom stereocenters. The van der Waals surface area contributed by atoms with E-state index in [1.54, 1.807) is 42.9 Å². The second kappa shape index (κ2) is 7.67. The Bertz CT molecular complexity index is 1160. The van der Waals surface area contributed by atoms with Crippen molar-refractivity contribution < 1.29 is 19.1 Å². The smallest absolute Gasteiger partial charge is 0.349 e. The molecule has 0 radical (unpaired) electrons. The van der Waals surface area contributed by atoms with E-state index in [0.29, 0.717) is 38.6 Å². The van der Waals surface area contributed by atoms with Crippen LogP contribution in [-0.4, -0.2) is 35.1 Å². The topological polar surface area (TPSA) is 99.5 Å². The van der Waals surface area contributed by atoms with Crippen molar-refractivity contribution in [3.8, 4) is 5.75 Å². The molecule has 1 aromatic carbocycles. The first-order valence-electron chi connectivity index (χ1n) is 9.11. The number of nitrogens with zero attached hydrogens (tertiary/aromatic N) is 2. The molecule has 2 aromatic heterocycles. The van der Waals surface area contributed by atoms with E-state index < -0.39 is 18.5 Å². The zero-order valence-corrected chi connectivity index (χ0v) is 16.8. The quantitative estimate of drug-likeness (QED) is 0.645. The molecule has 9 heteroatoms. The Labute approximate surface area is 170 Å². The highest BCUT2D eigenvalue weighted by atomic mass is 32.1. The number of rotatable bonds is 5. The summed E-state index contributed by atoms with van der Waals surface area (Å²) in [6.07, 6.45) is 1.66. The van der Waals surface area contributed by atoms with Crippen molar-refractivity contribution in [1.29, 1.82) is 0 Å². The van der Waals surface area contributed by atoms with Gasteiger partial charge in [0.1, 0.15) is 21.3 Å². The molecule has 3 heterocycles. The van der Waals surface area contributed by atoms with Crippen molar-refractivity contribution in [3.63, 3.8) is 0 Å². The highest BCUT2D eigenvalue weighted by molar-refractivity contribution is 7.20. The Morgan fingerprint density at radius 3 is 2.76 bits per heavy atom. The first-order valence-corrected chi connectivity index (χ1v) is 9.93. The molecule has 1 N–H and O–H groups in total. The number of benzene rings is 1. The summed E-state index contributed by atoms with van der Waals surface area (Å²) in [5.74, 6) is 0.326. The maximum Gasteiger partial charge on any atom is 0.349 e. The standard InChI is InChI=1S/C20H19N3O5S/c1-11-16-18(22-14-4-3-9-23(14)19(16)25)29-17(11)20(26)28-10-15(24)21-12-5-7-13(27-2)8-6-12/h5-8H,3-4,9-10H2,1-2H3,(H,21,24). The minimum absolute atomic E-state index is 0.118. The Kier molecular flexibility index (Phi) is 5.06. The molecule has 0 spiro atoms. The Balaban J connectivity index is 1.46. The summed E-state index contributed by atoms with van der Waals surface area (Å²) in [5, 5.41) is 3.10. The number of esters is 1. The first-order chi connectivity index (χ1) is 14.0. The van der Waals surface area contributed by atoms with Gasteiger partial charge < -0.3 is 14.8 Å². The molecular weight excluding hydrogens is 394 g/mol. The number of anilines is 1. The third kappa shape index (κ3) is 3.61. The molecule has 0 bridgehead atoms. The molecule has 1 aliphatic rings. The number of fused-ring (bicyclic) bond motifs is 2. The predicted molar refractivity (Wildman–Crippen MR) is 109 cm³/mol. The van der Waals surface area contributed by atoms with Gasteiger partial charge in [-0.2, -0.15) is 0 Å². The molecule has 0 atom stereocenters. The van der Waals surface area contributed by atoms with E-state index in [2.05, 4.69) is 10.3 Å². The fourth-order valence-electron chi connectivity index (χ4n) is 3.34. The third-order valence-electron chi connectivity index (χ3n) is 4.81. The van der Waals surface area contributed by atoms with Crippen LogP contribution in [0.1, 0.15) is 27.5 Å². The van der Waals surface area contributed by atoms with Crippen molar-refractivity contribution in [1.82, 2.24) is 9.55 Å². The molecule has 1 amide bonds. The van der Waals surface area contributed by atoms with Crippen molar-refractivity contribution in [3.05, 3.63) is 50.9 Å². The normalized spacial score (nSPS) is 12.6. The number of ether oxygens (including phenoxy) is 2. The highest BCUT2D eigenvalue weighted by Crippen LogP contribution is 2.29. The van der Waals surface area contributed by atoms with E-state index in [1.165, 1.54) is 0 Å². The van der Waals surface area contributed by atoms with Crippen LogP contribution < -0.4 is 15.6 Å². The summed E-state index contributed by atoms with van der Waals surface area (Å²) in [7, 11) is 1.56. The van der Waals surface area contributed by atoms with Crippen molar-refractivity contribution in [2.45, 2.75) is 26.3 Å². The molecule has 150 valence electrons. The second-order valence-electron chi connectivity index (χ2n) is 6.68. The zero-order chi connectivity index (χ0) is 20.5. The van der Waals surface area contributed by atoms with Crippen LogP contribution in [0.4, 0.5) is 5.69 Å². The molecule has 29 heavy (non-hydrogen) atoms. The van der Waals surface area contributed by atoms with Gasteiger partial charge in [0, 0.05) is 18.7 Å². The van der Waals surface area contributed by atoms with Crippen LogP contribution in [0.25, 0.3) is 10.2 Å². The molecule has 0 aliphatic carbocycles. The average molecular weight is 413 g/mol. The Morgan fingerprint density at radius 2 is 2.03 bits per heavy atom. The first kappa shape index (κ1) is 19.1. The van der Waals surface area contributed by atoms with E-state index in [-0.39, 0.29) is 5.56 Å². The number of hydrogen-bond acceptors (Lipinski definition) is 7. The molecule has 0 fully saturated rings. The van der Waals surface area contributed by atoms with Crippen LogP contribution in [0.5, 0.6) is 5.75 Å². The lowest BCUT2D eigenvalue weighted by Gasteiger charge is -2.07. The van der Waals surface area contributed by atoms with Gasteiger partial charge in [-0.15, -0.1) is 11.3 Å². The van der Waals surface area contributed by atoms with Gasteiger partial charge in [0.2, 0.25) is 0 Å². The van der Waals surface area contributed by atoms with Crippen LogP contribution in [0.3, 0.4) is 0 Å². The number of aryl methyl sites for hydroxylation is 2. The maximum absolute atomic E-state index is 12.7. The molecule has 3 aromatic rings. The number of carbonyl (C=O) groups excluding carboxylic acids is 2. The van der Waals surface area contributed by atoms with Crippen LogP contribution >= 0.6 is 11.3 Å². The number of nitrogens with one attached hydrogen (secondary N) is 1. The molecule has 0 saturated heterocycles. The molecular formula is C20H19N3O5S. The minimum Gasteiger partial charge on any atom is -0.497 e. The van der Waals surface area contributed by atoms with E-state index in [1.807, 2.05) is 0 Å². The molecule has 4 rings (SSSR count). The lowest BCUT2D eigenvalue weighted by Crippen LogP contribution is -2.21. The van der Waals surface area contributed by atoms with Gasteiger partial charge in [0.05, 0.1) is 12.5 Å². The SMILES string of the molecule is COc1ccc(NC(=O)COC(=O)c2sc3nc4n(c(=O)c3c2C)CCC4)cc1. The maximum atomic E-state index is 12.7. The van der Waals surface area contributed by atoms with Crippen LogP contribution in [-0.2, 0) is 22.5 Å². The highest BCUT2D eigenvalue weighted by Gasteiger charge is 2.24. The van der Waals surface area contributed by atoms with Gasteiger partial charge in [-0.05, 0) is 43.2 Å². The molecule has 1 aliphatic heterocycles. The Morgan fingerprint density at radius 1 is 1.28 bits per heavy atom. The summed E-state index contributed by atoms with van der Waals surface area (Å²) in [6.45, 7) is 1.93. The summed E-state index contributed by atoms with van der Waals surface area (Å²) in [4.78, 5) is 42.6. The van der Waals surface area contributed by atoms with E-state index >= 15 is 0 Å². The average Bonchev–Trinajstić information content (AvgIpc) is 3.32. The van der Waals surface area contributed by atoms with E-state index in [0.717, 1.165) is 30.0 Å². The summed E-state index contributed by atoms with van der Waals surface area (Å²) < 4.78 is 11.9. The Hall–Kier alpha value is -3.20. The number of aromatic nitrogens is 2. The van der Waals surface area contributed by atoms with Gasteiger partial charge in [-0.25, -0.2) is 9.78 Å². The van der Waals surface area contributed by atoms with Gasteiger partial charge in [-0.3, -0.25) is 14.2 Å². The van der Waals surface area contributed by atoms with E-state index in [4.69, 9.17) is 9.47 Å². The van der Waals surface area contributed by atoms with Gasteiger partial charge in [0.25, 0.3) is 11.5 Å². The van der Waals surface area contributed by atoms with E-state index in [9.17, 15) is 14.4 Å². The third-order valence-corrected chi connectivity index (χ3v) is 5.97. The summed E-state index contributed by atoms with van der Waals surface area (Å²) in [5.41, 5.74) is 0.995. The fraction of sp³-hybridized carbons (Fsp3) is 0.300. The van der Waals surface area contributed by atoms with Crippen molar-refractivity contribution >= 4 is 39.1 Å². The number of amides is 1. The lowest BCUT2D eigenvalue weighted by molar-refractivity contribution is -0.119. The van der Waals surface area contributed by atoms with Gasteiger partial charge in [0.15, 0.2) is 6.61 Å². The number of hydrogen-bond donors (Lipinski definition) is 1. The number of thiophene rings is 1. The zero-order valence-electron chi connectivity index (χ0n) is 16.0. The van der Waals surface area contributed by atoms with Crippen molar-refractivity contribution in [2.75, 3.05) is 19.0 Å². The van der Waals surface area contributed by atoms with Crippen molar-refractivity contribution in [2.24, 2.45) is 0 Å². The largest absolute Gasteiger partial charge is 0.497 e. The van der Waals surface area contributed by atoms with Gasteiger partial charge in [-0.1, -0.05) is 0 Å². The lowest BCUT2D eigenvalue weighted by atomic mass is 10.2. The second-order valence-corrected chi connectivity index (χ2v) is 7.68. The van der Waals surface area contributed by atoms with Gasteiger partial charge >= 0.3 is 5.97 Å². The predicted octanol–water partition coefficient (Wildman–Crippen LogP) is 2.52. The summed E-state index contributed by atoms with van der Waals surface area (Å²) >= 11 is 1.13. The number of methoxy groups -OCH3 is 1. The molecule has 8 nitrogen and oxygen atoms in total. The van der Waals surface area contributed by atoms with Crippen LogP contribution in [0.15, 0.2) is 29.1 Å². The minimum atomic E-state index is -0.639. The summed E-state index contributed by atoms with van der Waals surface area (Å²) in [6, 6.07) is 6.80. The monoisotopic (exact) mass is 413 g/mol. The number of carbonyl (C=O) groups is 2. The van der Waals surface area contributed by atoms with Crippen LogP contribution in [0, 0.1) is 6.92 Å². The molecule has 0 saturated carbocycles.